The molecule has 4 aliphatic rings. The van der Waals surface area contributed by atoms with Gasteiger partial charge >= 0.3 is 0 Å². The van der Waals surface area contributed by atoms with Crippen molar-refractivity contribution < 1.29 is 0 Å². The molecule has 5 heteroatoms. The Hall–Kier alpha value is -2.14. The fourth-order valence-corrected chi connectivity index (χ4v) is 6.93. The molecule has 0 N–H and O–H groups in total. The van der Waals surface area contributed by atoms with Crippen LogP contribution in [0.3, 0.4) is 0 Å². The summed E-state index contributed by atoms with van der Waals surface area (Å²) in [4.78, 5) is 2.79. The van der Waals surface area contributed by atoms with Crippen molar-refractivity contribution in [1.82, 2.24) is 19.7 Å². The summed E-state index contributed by atoms with van der Waals surface area (Å²) in [7, 11) is 2.00. The van der Waals surface area contributed by atoms with Crippen molar-refractivity contribution in [3.05, 3.63) is 52.8 Å². The zero-order valence-electron chi connectivity index (χ0n) is 20.5. The molecule has 0 radical (unpaired) electrons. The summed E-state index contributed by atoms with van der Waals surface area (Å²) in [6, 6.07) is 8.79. The van der Waals surface area contributed by atoms with E-state index < -0.39 is 0 Å². The molecular formula is C28H39N5. The van der Waals surface area contributed by atoms with Gasteiger partial charge in [-0.3, -0.25) is 9.69 Å². The summed E-state index contributed by atoms with van der Waals surface area (Å²) in [6.45, 7) is 8.12. The number of rotatable bonds is 5. The number of fused-ring (bicyclic) bond motifs is 1. The van der Waals surface area contributed by atoms with Crippen LogP contribution < -0.4 is 0 Å². The maximum absolute atomic E-state index is 5.20. The van der Waals surface area contributed by atoms with Gasteiger partial charge in [-0.25, -0.2) is 0 Å². The molecule has 1 unspecified atom stereocenters. The van der Waals surface area contributed by atoms with Crippen LogP contribution >= 0.6 is 0 Å². The molecule has 2 saturated carbocycles. The third-order valence-electron chi connectivity index (χ3n) is 9.02. The van der Waals surface area contributed by atoms with Crippen molar-refractivity contribution in [2.45, 2.75) is 64.8 Å². The van der Waals surface area contributed by atoms with E-state index in [2.05, 4.69) is 52.4 Å². The molecule has 33 heavy (non-hydrogen) atoms. The molecule has 1 aromatic carbocycles. The minimum Gasteiger partial charge on any atom is -0.303 e. The highest BCUT2D eigenvalue weighted by Crippen LogP contribution is 2.59. The standard InChI is InChI=1S/C28H39N5/c1-21-26(20-31(2)29-21)27-25-11-7-6-10-23(25)18-33(30-27)19-24-16-28(24)12-14-32(15-13-28)17-22-8-4-3-5-9-22/h6-7,10-11,20,22,24H,3-5,8-9,12-19H2,1-2H3. The molecule has 3 heterocycles. The van der Waals surface area contributed by atoms with Gasteiger partial charge in [-0.05, 0) is 74.9 Å². The number of likely N-dealkylation sites (tertiary alicyclic amines) is 1. The highest BCUT2D eigenvalue weighted by molar-refractivity contribution is 6.14. The molecule has 0 bridgehead atoms. The molecule has 1 aromatic heterocycles. The van der Waals surface area contributed by atoms with E-state index >= 15 is 0 Å². The van der Waals surface area contributed by atoms with Gasteiger partial charge in [0.05, 0.1) is 12.2 Å². The lowest BCUT2D eigenvalue weighted by molar-refractivity contribution is 0.124. The molecule has 1 spiro atoms. The van der Waals surface area contributed by atoms with Crippen molar-refractivity contribution >= 4 is 5.71 Å². The van der Waals surface area contributed by atoms with E-state index in [-0.39, 0.29) is 0 Å². The number of hydrogen-bond acceptors (Lipinski definition) is 4. The average Bonchev–Trinajstić information content (AvgIpc) is 3.36. The van der Waals surface area contributed by atoms with Crippen molar-refractivity contribution in [2.75, 3.05) is 26.2 Å². The summed E-state index contributed by atoms with van der Waals surface area (Å²) in [5.74, 6) is 1.78. The van der Waals surface area contributed by atoms with E-state index in [1.807, 2.05) is 11.7 Å². The topological polar surface area (TPSA) is 36.7 Å². The first-order valence-corrected chi connectivity index (χ1v) is 13.2. The van der Waals surface area contributed by atoms with Crippen LogP contribution in [0.4, 0.5) is 0 Å². The van der Waals surface area contributed by atoms with Crippen LogP contribution in [0, 0.1) is 24.2 Å². The third kappa shape index (κ3) is 4.25. The summed E-state index contributed by atoms with van der Waals surface area (Å²) in [6.07, 6.45) is 13.6. The first-order chi connectivity index (χ1) is 16.1. The van der Waals surface area contributed by atoms with Crippen LogP contribution in [0.2, 0.25) is 0 Å². The monoisotopic (exact) mass is 445 g/mol. The van der Waals surface area contributed by atoms with Crippen molar-refractivity contribution in [2.24, 2.45) is 29.4 Å². The number of benzene rings is 1. The van der Waals surface area contributed by atoms with Gasteiger partial charge in [0.25, 0.3) is 0 Å². The van der Waals surface area contributed by atoms with E-state index in [0.717, 1.165) is 41.9 Å². The zero-order valence-corrected chi connectivity index (χ0v) is 20.5. The van der Waals surface area contributed by atoms with Crippen LogP contribution in [0.25, 0.3) is 0 Å². The van der Waals surface area contributed by atoms with Crippen molar-refractivity contribution in [3.8, 4) is 0 Å². The molecular weight excluding hydrogens is 406 g/mol. The Kier molecular flexibility index (Phi) is 5.56. The molecule has 176 valence electrons. The van der Waals surface area contributed by atoms with Gasteiger partial charge in [-0.15, -0.1) is 0 Å². The Labute approximate surface area is 198 Å². The summed E-state index contributed by atoms with van der Waals surface area (Å²) >= 11 is 0. The van der Waals surface area contributed by atoms with Crippen LogP contribution in [0.1, 0.15) is 73.8 Å². The number of aryl methyl sites for hydroxylation is 2. The van der Waals surface area contributed by atoms with Crippen molar-refractivity contribution in [3.63, 3.8) is 0 Å². The van der Waals surface area contributed by atoms with Gasteiger partial charge in [0.1, 0.15) is 5.71 Å². The Morgan fingerprint density at radius 2 is 1.79 bits per heavy atom. The summed E-state index contributed by atoms with van der Waals surface area (Å²) < 4.78 is 1.91. The second kappa shape index (κ2) is 8.57. The Morgan fingerprint density at radius 1 is 1.00 bits per heavy atom. The molecule has 6 rings (SSSR count). The average molecular weight is 446 g/mol. The fraction of sp³-hybridized carbons (Fsp3) is 0.643. The first kappa shape index (κ1) is 21.4. The van der Waals surface area contributed by atoms with Crippen LogP contribution in [0.5, 0.6) is 0 Å². The summed E-state index contributed by atoms with van der Waals surface area (Å²) in [5.41, 5.74) is 6.57. The molecule has 2 aliphatic heterocycles. The number of nitrogens with zero attached hydrogens (tertiary/aromatic N) is 5. The maximum Gasteiger partial charge on any atom is 0.101 e. The van der Waals surface area contributed by atoms with Gasteiger partial charge in [0.2, 0.25) is 0 Å². The van der Waals surface area contributed by atoms with Crippen LogP contribution in [-0.2, 0) is 13.6 Å². The lowest BCUT2D eigenvalue weighted by atomic mass is 9.86. The molecule has 1 saturated heterocycles. The number of hydrazone groups is 1. The Morgan fingerprint density at radius 3 is 2.55 bits per heavy atom. The van der Waals surface area contributed by atoms with Crippen LogP contribution in [0.15, 0.2) is 35.6 Å². The second-order valence-corrected chi connectivity index (χ2v) is 11.3. The van der Waals surface area contributed by atoms with Gasteiger partial charge in [0, 0.05) is 37.5 Å². The minimum atomic E-state index is 0.597. The van der Waals surface area contributed by atoms with E-state index in [4.69, 9.17) is 5.10 Å². The number of aromatic nitrogens is 2. The van der Waals surface area contributed by atoms with Gasteiger partial charge < -0.3 is 4.90 Å². The highest BCUT2D eigenvalue weighted by atomic mass is 15.5. The fourth-order valence-electron chi connectivity index (χ4n) is 6.93. The third-order valence-corrected chi connectivity index (χ3v) is 9.02. The lowest BCUT2D eigenvalue weighted by Crippen LogP contribution is -2.39. The predicted molar refractivity (Wildman–Crippen MR) is 133 cm³/mol. The predicted octanol–water partition coefficient (Wildman–Crippen LogP) is 4.98. The minimum absolute atomic E-state index is 0.597. The SMILES string of the molecule is Cc1nn(C)cc1C1=NN(CC2CC23CCN(CC2CCCCC2)CC3)Cc2ccccc21. The van der Waals surface area contributed by atoms with E-state index in [9.17, 15) is 0 Å². The van der Waals surface area contributed by atoms with E-state index in [1.54, 1.807) is 0 Å². The first-order valence-electron chi connectivity index (χ1n) is 13.2. The largest absolute Gasteiger partial charge is 0.303 e. The second-order valence-electron chi connectivity index (χ2n) is 11.3. The summed E-state index contributed by atoms with van der Waals surface area (Å²) in [5, 5.41) is 12.2. The molecule has 3 fully saturated rings. The molecule has 1 atom stereocenters. The van der Waals surface area contributed by atoms with E-state index in [1.165, 1.54) is 82.1 Å². The number of hydrogen-bond donors (Lipinski definition) is 0. The quantitative estimate of drug-likeness (QED) is 0.651. The van der Waals surface area contributed by atoms with Crippen LogP contribution in [-0.4, -0.2) is 51.6 Å². The Bertz CT molecular complexity index is 1020. The molecule has 5 nitrogen and oxygen atoms in total. The van der Waals surface area contributed by atoms with Crippen molar-refractivity contribution in [1.29, 1.82) is 0 Å². The lowest BCUT2D eigenvalue weighted by Gasteiger charge is -2.36. The normalized spacial score (nSPS) is 25.2. The molecule has 2 aromatic rings. The highest BCUT2D eigenvalue weighted by Gasteiger charge is 2.55. The van der Waals surface area contributed by atoms with Gasteiger partial charge in [0.15, 0.2) is 0 Å². The van der Waals surface area contributed by atoms with Gasteiger partial charge in [-0.2, -0.15) is 10.2 Å². The number of piperidine rings is 1. The van der Waals surface area contributed by atoms with Gasteiger partial charge in [-0.1, -0.05) is 43.5 Å². The zero-order chi connectivity index (χ0) is 22.4. The molecule has 0 amide bonds. The molecule has 2 aliphatic carbocycles. The maximum atomic E-state index is 5.20. The Balaban J connectivity index is 1.12. The smallest absolute Gasteiger partial charge is 0.101 e. The van der Waals surface area contributed by atoms with E-state index in [0.29, 0.717) is 5.41 Å².